The van der Waals surface area contributed by atoms with Gasteiger partial charge in [-0.05, 0) is 33.3 Å². The molecule has 23 heavy (non-hydrogen) atoms. The van der Waals surface area contributed by atoms with Crippen LogP contribution in [0.1, 0.15) is 39.8 Å². The zero-order valence-corrected chi connectivity index (χ0v) is 14.2. The van der Waals surface area contributed by atoms with Crippen molar-refractivity contribution in [3.05, 3.63) is 18.0 Å². The largest absolute Gasteiger partial charge is 0.444 e. The predicted octanol–water partition coefficient (Wildman–Crippen LogP) is 2.54. The Morgan fingerprint density at radius 1 is 1.35 bits per heavy atom. The van der Waals surface area contributed by atoms with Gasteiger partial charge in [-0.25, -0.2) is 13.6 Å². The fraction of sp³-hybridized carbons (Fsp3) is 0.733. The SMILES string of the molecule is CCCn1nccc1CNCC(F)(F)CNC(=O)OC(C)(C)C. The number of alkyl halides is 2. The number of hydrogen-bond acceptors (Lipinski definition) is 4. The van der Waals surface area contributed by atoms with E-state index in [0.717, 1.165) is 18.7 Å². The zero-order chi connectivity index (χ0) is 17.5. The summed E-state index contributed by atoms with van der Waals surface area (Å²) < 4.78 is 34.2. The van der Waals surface area contributed by atoms with Gasteiger partial charge < -0.3 is 15.4 Å². The van der Waals surface area contributed by atoms with Crippen LogP contribution >= 0.6 is 0 Å². The summed E-state index contributed by atoms with van der Waals surface area (Å²) in [6.07, 6.45) is 1.72. The lowest BCUT2D eigenvalue weighted by atomic mass is 10.2. The summed E-state index contributed by atoms with van der Waals surface area (Å²) in [7, 11) is 0. The Morgan fingerprint density at radius 2 is 2.04 bits per heavy atom. The molecule has 0 radical (unpaired) electrons. The van der Waals surface area contributed by atoms with E-state index in [1.165, 1.54) is 0 Å². The molecule has 0 aliphatic rings. The van der Waals surface area contributed by atoms with E-state index in [1.807, 2.05) is 6.92 Å². The van der Waals surface area contributed by atoms with E-state index in [2.05, 4.69) is 15.7 Å². The van der Waals surface area contributed by atoms with Crippen molar-refractivity contribution in [3.8, 4) is 0 Å². The number of ether oxygens (including phenoxy) is 1. The second-order valence-corrected chi connectivity index (χ2v) is 6.36. The monoisotopic (exact) mass is 332 g/mol. The van der Waals surface area contributed by atoms with Crippen LogP contribution in [0.3, 0.4) is 0 Å². The molecule has 0 aliphatic carbocycles. The third-order valence-electron chi connectivity index (χ3n) is 2.82. The Kier molecular flexibility index (Phi) is 6.93. The zero-order valence-electron chi connectivity index (χ0n) is 14.2. The number of carbonyl (C=O) groups excluding carboxylic acids is 1. The number of alkyl carbamates (subject to hydrolysis) is 1. The van der Waals surface area contributed by atoms with Crippen molar-refractivity contribution in [2.45, 2.75) is 58.7 Å². The number of carbonyl (C=O) groups is 1. The fourth-order valence-corrected chi connectivity index (χ4v) is 1.87. The van der Waals surface area contributed by atoms with Crippen LogP contribution in [0.25, 0.3) is 0 Å². The number of hydrogen-bond donors (Lipinski definition) is 2. The smallest absolute Gasteiger partial charge is 0.407 e. The Labute approximate surface area is 135 Å². The molecule has 8 heteroatoms. The number of nitrogens with one attached hydrogen (secondary N) is 2. The summed E-state index contributed by atoms with van der Waals surface area (Å²) in [6, 6.07) is 1.79. The van der Waals surface area contributed by atoms with Crippen molar-refractivity contribution >= 4 is 6.09 Å². The molecule has 1 amide bonds. The van der Waals surface area contributed by atoms with Gasteiger partial charge in [0.25, 0.3) is 5.92 Å². The van der Waals surface area contributed by atoms with Gasteiger partial charge in [0.1, 0.15) is 5.60 Å². The average molecular weight is 332 g/mol. The summed E-state index contributed by atoms with van der Waals surface area (Å²) in [5.41, 5.74) is 0.137. The van der Waals surface area contributed by atoms with Gasteiger partial charge in [-0.2, -0.15) is 5.10 Å². The van der Waals surface area contributed by atoms with E-state index in [0.29, 0.717) is 6.54 Å². The van der Waals surface area contributed by atoms with Crippen LogP contribution in [0.4, 0.5) is 13.6 Å². The molecule has 0 aromatic carbocycles. The first-order valence-corrected chi connectivity index (χ1v) is 7.69. The van der Waals surface area contributed by atoms with Crippen LogP contribution in [0.15, 0.2) is 12.3 Å². The third kappa shape index (κ3) is 7.92. The van der Waals surface area contributed by atoms with Crippen LogP contribution in [0.2, 0.25) is 0 Å². The first-order chi connectivity index (χ1) is 10.6. The first kappa shape index (κ1) is 19.3. The molecule has 2 N–H and O–H groups in total. The molecule has 132 valence electrons. The van der Waals surface area contributed by atoms with Gasteiger partial charge in [0.15, 0.2) is 0 Å². The second-order valence-electron chi connectivity index (χ2n) is 6.36. The van der Waals surface area contributed by atoms with E-state index in [4.69, 9.17) is 4.74 Å². The van der Waals surface area contributed by atoms with Crippen LogP contribution < -0.4 is 10.6 Å². The molecular weight excluding hydrogens is 306 g/mol. The normalized spacial score (nSPS) is 12.3. The van der Waals surface area contributed by atoms with Gasteiger partial charge in [0, 0.05) is 19.3 Å². The highest BCUT2D eigenvalue weighted by molar-refractivity contribution is 5.67. The fourth-order valence-electron chi connectivity index (χ4n) is 1.87. The van der Waals surface area contributed by atoms with Crippen molar-refractivity contribution in [2.75, 3.05) is 13.1 Å². The van der Waals surface area contributed by atoms with Gasteiger partial charge >= 0.3 is 6.09 Å². The maximum Gasteiger partial charge on any atom is 0.407 e. The lowest BCUT2D eigenvalue weighted by molar-refractivity contribution is -0.00387. The molecule has 0 bridgehead atoms. The summed E-state index contributed by atoms with van der Waals surface area (Å²) >= 11 is 0. The van der Waals surface area contributed by atoms with Crippen molar-refractivity contribution in [1.82, 2.24) is 20.4 Å². The lowest BCUT2D eigenvalue weighted by Gasteiger charge is -2.22. The van der Waals surface area contributed by atoms with Crippen LogP contribution in [0, 0.1) is 0 Å². The van der Waals surface area contributed by atoms with E-state index in [9.17, 15) is 13.6 Å². The highest BCUT2D eigenvalue weighted by Gasteiger charge is 2.30. The molecular formula is C15H26F2N4O2. The molecule has 0 atom stereocenters. The maximum absolute atomic E-state index is 13.7. The Hall–Kier alpha value is -1.70. The first-order valence-electron chi connectivity index (χ1n) is 7.69. The van der Waals surface area contributed by atoms with Crippen LogP contribution in [-0.4, -0.2) is 40.5 Å². The predicted molar refractivity (Wildman–Crippen MR) is 83.4 cm³/mol. The molecule has 6 nitrogen and oxygen atoms in total. The summed E-state index contributed by atoms with van der Waals surface area (Å²) in [4.78, 5) is 11.4. The molecule has 0 saturated heterocycles. The number of halogens is 2. The maximum atomic E-state index is 13.7. The topological polar surface area (TPSA) is 68.2 Å². The minimum absolute atomic E-state index is 0.294. The molecule has 0 aliphatic heterocycles. The minimum atomic E-state index is -3.06. The van der Waals surface area contributed by atoms with Crippen molar-refractivity contribution in [1.29, 1.82) is 0 Å². The number of aromatic nitrogens is 2. The van der Waals surface area contributed by atoms with Crippen molar-refractivity contribution < 1.29 is 18.3 Å². The number of rotatable bonds is 8. The van der Waals surface area contributed by atoms with Crippen LogP contribution in [0.5, 0.6) is 0 Å². The second kappa shape index (κ2) is 8.24. The molecule has 0 saturated carbocycles. The van der Waals surface area contributed by atoms with Gasteiger partial charge in [0.05, 0.1) is 18.8 Å². The Balaban J connectivity index is 2.35. The lowest BCUT2D eigenvalue weighted by Crippen LogP contribution is -2.44. The number of amides is 1. The summed E-state index contributed by atoms with van der Waals surface area (Å²) in [6.45, 7) is 6.77. The van der Waals surface area contributed by atoms with Crippen molar-refractivity contribution in [3.63, 3.8) is 0 Å². The summed E-state index contributed by atoms with van der Waals surface area (Å²) in [5, 5.41) is 8.91. The van der Waals surface area contributed by atoms with Gasteiger partial charge in [0.2, 0.25) is 0 Å². The van der Waals surface area contributed by atoms with Crippen LogP contribution in [-0.2, 0) is 17.8 Å². The minimum Gasteiger partial charge on any atom is -0.444 e. The Morgan fingerprint density at radius 3 is 2.65 bits per heavy atom. The molecule has 1 aromatic rings. The number of aryl methyl sites for hydroxylation is 1. The third-order valence-corrected chi connectivity index (χ3v) is 2.82. The molecule has 0 spiro atoms. The quantitative estimate of drug-likeness (QED) is 0.768. The molecule has 0 unspecified atom stereocenters. The molecule has 1 aromatic heterocycles. The van der Waals surface area contributed by atoms with Gasteiger partial charge in [-0.3, -0.25) is 4.68 Å². The Bertz CT molecular complexity index is 498. The van der Waals surface area contributed by atoms with E-state index >= 15 is 0 Å². The molecule has 0 fully saturated rings. The van der Waals surface area contributed by atoms with E-state index < -0.39 is 30.7 Å². The average Bonchev–Trinajstić information content (AvgIpc) is 2.83. The highest BCUT2D eigenvalue weighted by atomic mass is 19.3. The van der Waals surface area contributed by atoms with E-state index in [-0.39, 0.29) is 0 Å². The summed E-state index contributed by atoms with van der Waals surface area (Å²) in [5.74, 6) is -3.06. The van der Waals surface area contributed by atoms with Crippen molar-refractivity contribution in [2.24, 2.45) is 0 Å². The standard InChI is InChI=1S/C15H26F2N4O2/c1-5-8-21-12(6-7-20-21)9-18-10-15(16,17)11-19-13(22)23-14(2,3)4/h6-7,18H,5,8-11H2,1-4H3,(H,19,22). The number of nitrogens with zero attached hydrogens (tertiary/aromatic N) is 2. The van der Waals surface area contributed by atoms with Gasteiger partial charge in [-0.15, -0.1) is 0 Å². The van der Waals surface area contributed by atoms with Gasteiger partial charge in [-0.1, -0.05) is 6.92 Å². The molecule has 1 rings (SSSR count). The molecule has 1 heterocycles. The van der Waals surface area contributed by atoms with E-state index in [1.54, 1.807) is 37.7 Å². The highest BCUT2D eigenvalue weighted by Crippen LogP contribution is 2.12.